The number of nitrogens with one attached hydrogen (secondary N) is 1. The summed E-state index contributed by atoms with van der Waals surface area (Å²) in [5, 5.41) is 3.85. The summed E-state index contributed by atoms with van der Waals surface area (Å²) in [6.45, 7) is 4.56. The van der Waals surface area contributed by atoms with E-state index in [0.717, 1.165) is 17.7 Å². The maximum atomic E-state index is 13.1. The van der Waals surface area contributed by atoms with Gasteiger partial charge in [0.1, 0.15) is 6.04 Å². The molecule has 4 nitrogen and oxygen atoms in total. The first kappa shape index (κ1) is 23.6. The van der Waals surface area contributed by atoms with Crippen LogP contribution in [0.1, 0.15) is 32.3 Å². The summed E-state index contributed by atoms with van der Waals surface area (Å²) >= 11 is 14.1. The third kappa shape index (κ3) is 7.25. The molecule has 0 saturated heterocycles. The molecule has 7 heteroatoms. The van der Waals surface area contributed by atoms with Crippen LogP contribution < -0.4 is 5.32 Å². The molecule has 0 unspecified atom stereocenters. The Morgan fingerprint density at radius 1 is 1.07 bits per heavy atom. The number of nitrogens with zero attached hydrogens (tertiary/aromatic N) is 1. The van der Waals surface area contributed by atoms with Gasteiger partial charge in [-0.15, -0.1) is 11.8 Å². The van der Waals surface area contributed by atoms with Crippen LogP contribution in [0.15, 0.2) is 53.4 Å². The zero-order chi connectivity index (χ0) is 21.2. The van der Waals surface area contributed by atoms with E-state index in [1.165, 1.54) is 11.8 Å². The topological polar surface area (TPSA) is 49.4 Å². The van der Waals surface area contributed by atoms with E-state index in [0.29, 0.717) is 22.2 Å². The van der Waals surface area contributed by atoms with Crippen LogP contribution in [0, 0.1) is 0 Å². The van der Waals surface area contributed by atoms with Crippen molar-refractivity contribution >= 4 is 46.8 Å². The van der Waals surface area contributed by atoms with Crippen LogP contribution in [0.5, 0.6) is 0 Å². The first-order chi connectivity index (χ1) is 13.9. The Labute approximate surface area is 187 Å². The molecule has 0 aliphatic rings. The van der Waals surface area contributed by atoms with E-state index in [2.05, 4.69) is 12.2 Å². The lowest BCUT2D eigenvalue weighted by molar-refractivity contribution is -0.138. The molecule has 0 heterocycles. The minimum atomic E-state index is -0.636. The SMILES string of the molecule is CCCCNC(=O)[C@@H](C)N(Cc1c(Cl)cccc1Cl)C(=O)CSc1ccccc1. The van der Waals surface area contributed by atoms with Crippen molar-refractivity contribution in [3.63, 3.8) is 0 Å². The van der Waals surface area contributed by atoms with Gasteiger partial charge in [-0.3, -0.25) is 9.59 Å². The van der Waals surface area contributed by atoms with Gasteiger partial charge < -0.3 is 10.2 Å². The van der Waals surface area contributed by atoms with E-state index in [-0.39, 0.29) is 24.1 Å². The highest BCUT2D eigenvalue weighted by Gasteiger charge is 2.27. The van der Waals surface area contributed by atoms with E-state index < -0.39 is 6.04 Å². The lowest BCUT2D eigenvalue weighted by atomic mass is 10.1. The van der Waals surface area contributed by atoms with Crippen molar-refractivity contribution in [2.24, 2.45) is 0 Å². The second kappa shape index (κ2) is 12.1. The molecule has 156 valence electrons. The Morgan fingerprint density at radius 2 is 1.72 bits per heavy atom. The van der Waals surface area contributed by atoms with Crippen molar-refractivity contribution in [3.05, 3.63) is 64.1 Å². The summed E-state index contributed by atoms with van der Waals surface area (Å²) in [7, 11) is 0. The van der Waals surface area contributed by atoms with Crippen molar-refractivity contribution in [3.8, 4) is 0 Å². The molecule has 0 aromatic heterocycles. The summed E-state index contributed by atoms with van der Waals surface area (Å²) in [5.41, 5.74) is 0.641. The van der Waals surface area contributed by atoms with Gasteiger partial charge in [-0.2, -0.15) is 0 Å². The highest BCUT2D eigenvalue weighted by molar-refractivity contribution is 8.00. The summed E-state index contributed by atoms with van der Waals surface area (Å²) in [5.74, 6) is -0.105. The number of amides is 2. The van der Waals surface area contributed by atoms with Crippen molar-refractivity contribution in [1.82, 2.24) is 10.2 Å². The minimum Gasteiger partial charge on any atom is -0.354 e. The molecule has 29 heavy (non-hydrogen) atoms. The predicted octanol–water partition coefficient (Wildman–Crippen LogP) is 5.42. The van der Waals surface area contributed by atoms with Crippen molar-refractivity contribution < 1.29 is 9.59 Å². The molecule has 1 atom stereocenters. The lowest BCUT2D eigenvalue weighted by Gasteiger charge is -2.29. The fraction of sp³-hybridized carbons (Fsp3) is 0.364. The Bertz CT molecular complexity index is 797. The highest BCUT2D eigenvalue weighted by atomic mass is 35.5. The Morgan fingerprint density at radius 3 is 2.34 bits per heavy atom. The van der Waals surface area contributed by atoms with Crippen LogP contribution in [0.25, 0.3) is 0 Å². The van der Waals surface area contributed by atoms with E-state index in [1.54, 1.807) is 30.0 Å². The van der Waals surface area contributed by atoms with Gasteiger partial charge in [0, 0.05) is 33.6 Å². The minimum absolute atomic E-state index is 0.145. The largest absolute Gasteiger partial charge is 0.354 e. The standard InChI is InChI=1S/C22H26Cl2N2O2S/c1-3-4-13-25-22(28)16(2)26(14-18-19(23)11-8-12-20(18)24)21(27)15-29-17-9-6-5-7-10-17/h5-12,16H,3-4,13-15H2,1-2H3,(H,25,28)/t16-/m1/s1. The van der Waals surface area contributed by atoms with Gasteiger partial charge in [0.2, 0.25) is 11.8 Å². The summed E-state index contributed by atoms with van der Waals surface area (Å²) in [6, 6.07) is 14.3. The van der Waals surface area contributed by atoms with Crippen LogP contribution in [-0.4, -0.2) is 35.1 Å². The number of benzene rings is 2. The van der Waals surface area contributed by atoms with Gasteiger partial charge in [-0.25, -0.2) is 0 Å². The molecule has 0 bridgehead atoms. The van der Waals surface area contributed by atoms with Gasteiger partial charge in [0.15, 0.2) is 0 Å². The smallest absolute Gasteiger partial charge is 0.242 e. The Balaban J connectivity index is 2.17. The number of halogens is 2. The average Bonchev–Trinajstić information content (AvgIpc) is 2.72. The van der Waals surface area contributed by atoms with E-state index in [1.807, 2.05) is 30.3 Å². The van der Waals surface area contributed by atoms with E-state index in [4.69, 9.17) is 23.2 Å². The lowest BCUT2D eigenvalue weighted by Crippen LogP contribution is -2.48. The zero-order valence-electron chi connectivity index (χ0n) is 16.7. The Hall–Kier alpha value is -1.69. The molecule has 0 fully saturated rings. The maximum absolute atomic E-state index is 13.1. The Kier molecular flexibility index (Phi) is 9.85. The number of hydrogen-bond acceptors (Lipinski definition) is 3. The first-order valence-corrected chi connectivity index (χ1v) is 11.4. The highest BCUT2D eigenvalue weighted by Crippen LogP contribution is 2.27. The van der Waals surface area contributed by atoms with Crippen molar-refractivity contribution in [2.45, 2.75) is 44.2 Å². The second-order valence-corrected chi connectivity index (χ2v) is 8.51. The normalized spacial score (nSPS) is 11.7. The maximum Gasteiger partial charge on any atom is 0.242 e. The molecule has 2 aromatic rings. The number of thioether (sulfide) groups is 1. The zero-order valence-corrected chi connectivity index (χ0v) is 19.0. The molecule has 0 saturated carbocycles. The molecule has 1 N–H and O–H groups in total. The molecule has 0 spiro atoms. The van der Waals surface area contributed by atoms with Gasteiger partial charge in [0.25, 0.3) is 0 Å². The van der Waals surface area contributed by atoms with Gasteiger partial charge in [0.05, 0.1) is 5.75 Å². The number of carbonyl (C=O) groups excluding carboxylic acids is 2. The predicted molar refractivity (Wildman–Crippen MR) is 122 cm³/mol. The fourth-order valence-corrected chi connectivity index (χ4v) is 4.04. The van der Waals surface area contributed by atoms with E-state index in [9.17, 15) is 9.59 Å². The molecular formula is C22H26Cl2N2O2S. The van der Waals surface area contributed by atoms with Gasteiger partial charge in [-0.1, -0.05) is 60.8 Å². The van der Waals surface area contributed by atoms with Crippen LogP contribution in [-0.2, 0) is 16.1 Å². The monoisotopic (exact) mass is 452 g/mol. The van der Waals surface area contributed by atoms with Crippen molar-refractivity contribution in [1.29, 1.82) is 0 Å². The van der Waals surface area contributed by atoms with Crippen LogP contribution in [0.3, 0.4) is 0 Å². The van der Waals surface area contributed by atoms with E-state index >= 15 is 0 Å². The fourth-order valence-electron chi connectivity index (χ4n) is 2.72. The number of hydrogen-bond donors (Lipinski definition) is 1. The summed E-state index contributed by atoms with van der Waals surface area (Å²) < 4.78 is 0. The number of unbranched alkanes of at least 4 members (excludes halogenated alkanes) is 1. The second-order valence-electron chi connectivity index (χ2n) is 6.64. The van der Waals surface area contributed by atoms with Gasteiger partial charge >= 0.3 is 0 Å². The molecular weight excluding hydrogens is 427 g/mol. The molecule has 2 amide bonds. The average molecular weight is 453 g/mol. The molecule has 2 aromatic carbocycles. The summed E-state index contributed by atoms with van der Waals surface area (Å²) in [4.78, 5) is 28.2. The molecule has 0 radical (unpaired) electrons. The first-order valence-electron chi connectivity index (χ1n) is 9.62. The summed E-state index contributed by atoms with van der Waals surface area (Å²) in [6.07, 6.45) is 1.88. The quantitative estimate of drug-likeness (QED) is 0.386. The van der Waals surface area contributed by atoms with Crippen LogP contribution in [0.4, 0.5) is 0 Å². The third-order valence-corrected chi connectivity index (χ3v) is 6.20. The van der Waals surface area contributed by atoms with Gasteiger partial charge in [-0.05, 0) is 37.6 Å². The number of carbonyl (C=O) groups is 2. The third-order valence-electron chi connectivity index (χ3n) is 4.49. The van der Waals surface area contributed by atoms with Crippen LogP contribution in [0.2, 0.25) is 10.0 Å². The number of rotatable bonds is 10. The van der Waals surface area contributed by atoms with Crippen LogP contribution >= 0.6 is 35.0 Å². The molecule has 2 rings (SSSR count). The molecule has 0 aliphatic carbocycles. The van der Waals surface area contributed by atoms with Crippen molar-refractivity contribution in [2.75, 3.05) is 12.3 Å². The molecule has 0 aliphatic heterocycles.